The molecule has 3 unspecified atom stereocenters. The van der Waals surface area contributed by atoms with E-state index in [1.807, 2.05) is 0 Å². The Balaban J connectivity index is 2.10. The van der Waals surface area contributed by atoms with Crippen molar-refractivity contribution >= 4 is 0 Å². The molecule has 0 heterocycles. The molecule has 0 N–H and O–H groups in total. The van der Waals surface area contributed by atoms with Crippen LogP contribution >= 0.6 is 0 Å². The highest BCUT2D eigenvalue weighted by atomic mass is 14.5. The molecule has 0 nitrogen and oxygen atoms in total. The van der Waals surface area contributed by atoms with Crippen molar-refractivity contribution in [3.05, 3.63) is 23.8 Å². The first-order chi connectivity index (χ1) is 4.72. The molecular weight excluding hydrogens is 120 g/mol. The van der Waals surface area contributed by atoms with E-state index < -0.39 is 0 Å². The van der Waals surface area contributed by atoms with Crippen LogP contribution in [-0.4, -0.2) is 0 Å². The van der Waals surface area contributed by atoms with Gasteiger partial charge in [-0.2, -0.15) is 0 Å². The van der Waals surface area contributed by atoms with E-state index in [2.05, 4.69) is 26.5 Å². The Kier molecular flexibility index (Phi) is 1.08. The summed E-state index contributed by atoms with van der Waals surface area (Å²) < 4.78 is 0. The maximum atomic E-state index is 4.03. The van der Waals surface area contributed by atoms with Crippen LogP contribution in [0.5, 0.6) is 0 Å². The van der Waals surface area contributed by atoms with Gasteiger partial charge in [0.05, 0.1) is 0 Å². The second-order valence-corrected chi connectivity index (χ2v) is 3.68. The van der Waals surface area contributed by atoms with Gasteiger partial charge in [-0.25, -0.2) is 0 Å². The quantitative estimate of drug-likeness (QED) is 0.484. The number of hydrogen-bond acceptors (Lipinski definition) is 0. The van der Waals surface area contributed by atoms with Crippen LogP contribution in [0.1, 0.15) is 20.3 Å². The summed E-state index contributed by atoms with van der Waals surface area (Å²) in [5.41, 5.74) is 3.12. The Morgan fingerprint density at radius 2 is 2.10 bits per heavy atom. The lowest BCUT2D eigenvalue weighted by molar-refractivity contribution is 0.567. The molecule has 1 saturated carbocycles. The van der Waals surface area contributed by atoms with Gasteiger partial charge in [0, 0.05) is 5.92 Å². The monoisotopic (exact) mass is 134 g/mol. The second kappa shape index (κ2) is 1.75. The van der Waals surface area contributed by atoms with E-state index in [0.717, 1.165) is 17.8 Å². The molecule has 0 heteroatoms. The van der Waals surface area contributed by atoms with Crippen molar-refractivity contribution in [3.63, 3.8) is 0 Å². The Labute approximate surface area is 62.6 Å². The molecule has 2 rings (SSSR count). The SMILES string of the molecule is C=C1C(C)C1C1=CCC1C. The average molecular weight is 134 g/mol. The van der Waals surface area contributed by atoms with E-state index in [1.54, 1.807) is 5.57 Å². The van der Waals surface area contributed by atoms with E-state index in [-0.39, 0.29) is 0 Å². The molecule has 10 heavy (non-hydrogen) atoms. The smallest absolute Gasteiger partial charge is 0.00730 e. The minimum atomic E-state index is 0.781. The Morgan fingerprint density at radius 3 is 2.20 bits per heavy atom. The molecular formula is C10H14. The highest BCUT2D eigenvalue weighted by molar-refractivity contribution is 5.41. The summed E-state index contributed by atoms with van der Waals surface area (Å²) in [6.07, 6.45) is 3.68. The van der Waals surface area contributed by atoms with Crippen LogP contribution in [-0.2, 0) is 0 Å². The maximum absolute atomic E-state index is 4.03. The van der Waals surface area contributed by atoms with Gasteiger partial charge in [-0.15, -0.1) is 0 Å². The van der Waals surface area contributed by atoms with E-state index in [4.69, 9.17) is 0 Å². The first kappa shape index (κ1) is 6.21. The highest BCUT2D eigenvalue weighted by Crippen LogP contribution is 2.54. The molecule has 2 aliphatic rings. The van der Waals surface area contributed by atoms with Crippen LogP contribution in [0.2, 0.25) is 0 Å². The first-order valence-corrected chi connectivity index (χ1v) is 4.10. The molecule has 0 amide bonds. The lowest BCUT2D eigenvalue weighted by Crippen LogP contribution is -2.10. The third kappa shape index (κ3) is 0.622. The van der Waals surface area contributed by atoms with Crippen molar-refractivity contribution < 1.29 is 0 Å². The van der Waals surface area contributed by atoms with Gasteiger partial charge in [0.1, 0.15) is 0 Å². The van der Waals surface area contributed by atoms with E-state index in [0.29, 0.717) is 0 Å². The van der Waals surface area contributed by atoms with E-state index in [1.165, 1.54) is 12.0 Å². The summed E-state index contributed by atoms with van der Waals surface area (Å²) in [7, 11) is 0. The summed E-state index contributed by atoms with van der Waals surface area (Å²) >= 11 is 0. The molecule has 0 aromatic heterocycles. The van der Waals surface area contributed by atoms with Gasteiger partial charge >= 0.3 is 0 Å². The first-order valence-electron chi connectivity index (χ1n) is 4.10. The summed E-state index contributed by atoms with van der Waals surface area (Å²) in [5.74, 6) is 2.42. The predicted molar refractivity (Wildman–Crippen MR) is 43.7 cm³/mol. The fourth-order valence-electron chi connectivity index (χ4n) is 1.89. The largest absolute Gasteiger partial charge is 0.0989 e. The summed E-state index contributed by atoms with van der Waals surface area (Å²) in [6, 6.07) is 0. The molecule has 0 aromatic carbocycles. The molecule has 2 aliphatic carbocycles. The van der Waals surface area contributed by atoms with Crippen LogP contribution in [0.3, 0.4) is 0 Å². The van der Waals surface area contributed by atoms with Gasteiger partial charge in [0.25, 0.3) is 0 Å². The Morgan fingerprint density at radius 1 is 1.50 bits per heavy atom. The molecule has 54 valence electrons. The van der Waals surface area contributed by atoms with Crippen molar-refractivity contribution in [1.82, 2.24) is 0 Å². The van der Waals surface area contributed by atoms with Gasteiger partial charge in [-0.3, -0.25) is 0 Å². The van der Waals surface area contributed by atoms with Gasteiger partial charge in [0.2, 0.25) is 0 Å². The van der Waals surface area contributed by atoms with E-state index in [9.17, 15) is 0 Å². The van der Waals surface area contributed by atoms with Gasteiger partial charge < -0.3 is 0 Å². The zero-order valence-corrected chi connectivity index (χ0v) is 6.72. The normalized spacial score (nSPS) is 44.4. The highest BCUT2D eigenvalue weighted by Gasteiger charge is 2.43. The van der Waals surface area contributed by atoms with Crippen molar-refractivity contribution in [2.75, 3.05) is 0 Å². The van der Waals surface area contributed by atoms with E-state index >= 15 is 0 Å². The molecule has 1 fully saturated rings. The zero-order valence-electron chi connectivity index (χ0n) is 6.72. The fourth-order valence-corrected chi connectivity index (χ4v) is 1.89. The van der Waals surface area contributed by atoms with Crippen molar-refractivity contribution in [1.29, 1.82) is 0 Å². The molecule has 0 bridgehead atoms. The van der Waals surface area contributed by atoms with Crippen molar-refractivity contribution in [2.45, 2.75) is 20.3 Å². The molecule has 0 spiro atoms. The third-order valence-electron chi connectivity index (χ3n) is 3.01. The number of hydrogen-bond donors (Lipinski definition) is 0. The average Bonchev–Trinajstić information content (AvgIpc) is 2.43. The van der Waals surface area contributed by atoms with Gasteiger partial charge in [-0.1, -0.05) is 37.6 Å². The molecule has 0 radical (unpaired) electrons. The molecule has 0 saturated heterocycles. The van der Waals surface area contributed by atoms with Crippen LogP contribution in [0, 0.1) is 17.8 Å². The van der Waals surface area contributed by atoms with Gasteiger partial charge in [0.15, 0.2) is 0 Å². The maximum Gasteiger partial charge on any atom is 0.00730 e. The van der Waals surface area contributed by atoms with Crippen molar-refractivity contribution in [2.24, 2.45) is 17.8 Å². The lowest BCUT2D eigenvalue weighted by atomic mass is 9.83. The predicted octanol–water partition coefficient (Wildman–Crippen LogP) is 2.77. The van der Waals surface area contributed by atoms with Gasteiger partial charge in [-0.05, 0) is 18.3 Å². The summed E-state index contributed by atoms with van der Waals surface area (Å²) in [4.78, 5) is 0. The number of allylic oxidation sites excluding steroid dienone is 3. The zero-order chi connectivity index (χ0) is 7.30. The standard InChI is InChI=1S/C10H14/c1-6-4-5-9(6)10-7(2)8(10)3/h5-6,8,10H,2,4H2,1,3H3. The third-order valence-corrected chi connectivity index (χ3v) is 3.01. The van der Waals surface area contributed by atoms with Crippen LogP contribution < -0.4 is 0 Å². The number of rotatable bonds is 1. The molecule has 3 atom stereocenters. The fraction of sp³-hybridized carbons (Fsp3) is 0.600. The molecule has 0 aliphatic heterocycles. The second-order valence-electron chi connectivity index (χ2n) is 3.68. The Bertz CT molecular complexity index is 210. The summed E-state index contributed by atoms with van der Waals surface area (Å²) in [5, 5.41) is 0. The molecule has 0 aromatic rings. The Hall–Kier alpha value is -0.520. The van der Waals surface area contributed by atoms with Crippen LogP contribution in [0.15, 0.2) is 23.8 Å². The minimum Gasteiger partial charge on any atom is -0.0989 e. The minimum absolute atomic E-state index is 0.781. The van der Waals surface area contributed by atoms with Crippen molar-refractivity contribution in [3.8, 4) is 0 Å². The van der Waals surface area contributed by atoms with Crippen LogP contribution in [0.25, 0.3) is 0 Å². The topological polar surface area (TPSA) is 0 Å². The summed E-state index contributed by atoms with van der Waals surface area (Å²) in [6.45, 7) is 8.62. The lowest BCUT2D eigenvalue weighted by Gasteiger charge is -2.23. The van der Waals surface area contributed by atoms with Crippen LogP contribution in [0.4, 0.5) is 0 Å².